The molecule has 0 radical (unpaired) electrons. The van der Waals surface area contributed by atoms with E-state index in [-0.39, 0.29) is 11.1 Å². The molecule has 0 aromatic heterocycles. The van der Waals surface area contributed by atoms with Crippen LogP contribution in [0.5, 0.6) is 0 Å². The number of ketones is 1. The van der Waals surface area contributed by atoms with Crippen molar-refractivity contribution < 1.29 is 23.9 Å². The van der Waals surface area contributed by atoms with Crippen LogP contribution in [0.2, 0.25) is 0 Å². The van der Waals surface area contributed by atoms with Crippen molar-refractivity contribution in [3.8, 4) is 0 Å². The number of benzene rings is 3. The Labute approximate surface area is 185 Å². The second kappa shape index (κ2) is 8.59. The van der Waals surface area contributed by atoms with Crippen molar-refractivity contribution in [3.63, 3.8) is 0 Å². The van der Waals surface area contributed by atoms with Gasteiger partial charge in [0, 0.05) is 11.1 Å². The molecule has 6 heteroatoms. The van der Waals surface area contributed by atoms with Crippen LogP contribution in [0.3, 0.4) is 0 Å². The van der Waals surface area contributed by atoms with Crippen molar-refractivity contribution in [3.05, 3.63) is 107 Å². The summed E-state index contributed by atoms with van der Waals surface area (Å²) >= 11 is 0. The summed E-state index contributed by atoms with van der Waals surface area (Å²) in [6.07, 6.45) is -1.20. The number of imide groups is 1. The van der Waals surface area contributed by atoms with Gasteiger partial charge in [0.25, 0.3) is 11.8 Å². The van der Waals surface area contributed by atoms with Crippen molar-refractivity contribution in [2.45, 2.75) is 26.0 Å². The molecule has 2 unspecified atom stereocenters. The smallest absolute Gasteiger partial charge is 0.330 e. The Balaban J connectivity index is 1.61. The molecule has 3 aromatic rings. The summed E-state index contributed by atoms with van der Waals surface area (Å²) in [7, 11) is 0. The van der Waals surface area contributed by atoms with E-state index < -0.39 is 35.7 Å². The second-order valence-corrected chi connectivity index (χ2v) is 7.66. The number of esters is 1. The van der Waals surface area contributed by atoms with E-state index in [1.54, 1.807) is 78.9 Å². The molecular weight excluding hydrogens is 406 g/mol. The molecular formula is C26H21NO5. The lowest BCUT2D eigenvalue weighted by Gasteiger charge is -2.24. The highest BCUT2D eigenvalue weighted by atomic mass is 16.5. The molecule has 2 atom stereocenters. The summed E-state index contributed by atoms with van der Waals surface area (Å²) in [4.78, 5) is 52.7. The van der Waals surface area contributed by atoms with Gasteiger partial charge in [-0.2, -0.15) is 0 Å². The Hall–Kier alpha value is -4.06. The fraction of sp³-hybridized carbons (Fsp3) is 0.154. The molecule has 160 valence electrons. The molecule has 0 saturated carbocycles. The zero-order chi connectivity index (χ0) is 22.8. The normalized spacial score (nSPS) is 14.6. The van der Waals surface area contributed by atoms with Crippen LogP contribution >= 0.6 is 0 Å². The predicted molar refractivity (Wildman–Crippen MR) is 117 cm³/mol. The molecule has 0 saturated heterocycles. The maximum absolute atomic E-state index is 13.1. The lowest BCUT2D eigenvalue weighted by molar-refractivity contribution is -0.151. The van der Waals surface area contributed by atoms with E-state index in [0.717, 1.165) is 10.5 Å². The molecule has 6 nitrogen and oxygen atoms in total. The topological polar surface area (TPSA) is 80.8 Å². The van der Waals surface area contributed by atoms with Crippen LogP contribution in [-0.4, -0.2) is 34.5 Å². The number of amides is 2. The molecule has 0 spiro atoms. The average molecular weight is 427 g/mol. The first kappa shape index (κ1) is 21.2. The largest absolute Gasteiger partial charge is 0.447 e. The summed E-state index contributed by atoms with van der Waals surface area (Å²) in [5.41, 5.74) is 2.23. The van der Waals surface area contributed by atoms with Gasteiger partial charge in [-0.1, -0.05) is 72.3 Å². The number of rotatable bonds is 6. The lowest BCUT2D eigenvalue weighted by atomic mass is 10.00. The molecule has 1 aliphatic heterocycles. The number of hydrogen-bond acceptors (Lipinski definition) is 5. The summed E-state index contributed by atoms with van der Waals surface area (Å²) in [5, 5.41) is 0. The standard InChI is InChI=1S/C26H21NO5/c1-16-13-14-20-21(15-16)25(30)27(24(20)29)17(2)26(31)32-23(19-11-7-4-8-12-19)22(28)18-9-5-3-6-10-18/h3-15,17,23H,1-2H3. The van der Waals surface area contributed by atoms with Crippen molar-refractivity contribution in [1.82, 2.24) is 4.90 Å². The van der Waals surface area contributed by atoms with E-state index in [1.165, 1.54) is 6.92 Å². The van der Waals surface area contributed by atoms with Gasteiger partial charge in [-0.25, -0.2) is 4.79 Å². The highest BCUT2D eigenvalue weighted by Crippen LogP contribution is 2.28. The highest BCUT2D eigenvalue weighted by Gasteiger charge is 2.42. The molecule has 32 heavy (non-hydrogen) atoms. The van der Waals surface area contributed by atoms with Gasteiger partial charge >= 0.3 is 5.97 Å². The molecule has 4 rings (SSSR count). The van der Waals surface area contributed by atoms with Crippen LogP contribution in [0, 0.1) is 6.92 Å². The minimum atomic E-state index is -1.20. The van der Waals surface area contributed by atoms with Gasteiger partial charge in [-0.15, -0.1) is 0 Å². The number of nitrogens with zero attached hydrogens (tertiary/aromatic N) is 1. The molecule has 0 fully saturated rings. The van der Waals surface area contributed by atoms with Crippen LogP contribution in [-0.2, 0) is 9.53 Å². The first-order chi connectivity index (χ1) is 15.4. The Morgan fingerprint density at radius 2 is 1.41 bits per heavy atom. The minimum Gasteiger partial charge on any atom is -0.447 e. The summed E-state index contributed by atoms with van der Waals surface area (Å²) in [6.45, 7) is 3.24. The molecule has 3 aromatic carbocycles. The van der Waals surface area contributed by atoms with E-state index in [9.17, 15) is 19.2 Å². The van der Waals surface area contributed by atoms with E-state index in [2.05, 4.69) is 0 Å². The van der Waals surface area contributed by atoms with Gasteiger partial charge in [-0.05, 0) is 26.0 Å². The van der Waals surface area contributed by atoms with Gasteiger partial charge < -0.3 is 4.74 Å². The van der Waals surface area contributed by atoms with Gasteiger partial charge in [0.2, 0.25) is 5.78 Å². The lowest BCUT2D eigenvalue weighted by Crippen LogP contribution is -2.44. The Morgan fingerprint density at radius 1 is 0.812 bits per heavy atom. The van der Waals surface area contributed by atoms with Gasteiger partial charge in [0.15, 0.2) is 6.10 Å². The molecule has 2 amide bonds. The van der Waals surface area contributed by atoms with Gasteiger partial charge in [0.1, 0.15) is 6.04 Å². The van der Waals surface area contributed by atoms with Crippen LogP contribution < -0.4 is 0 Å². The van der Waals surface area contributed by atoms with Crippen molar-refractivity contribution in [2.75, 3.05) is 0 Å². The van der Waals surface area contributed by atoms with Gasteiger partial charge in [0.05, 0.1) is 11.1 Å². The van der Waals surface area contributed by atoms with E-state index in [4.69, 9.17) is 4.74 Å². The Morgan fingerprint density at radius 3 is 2.06 bits per heavy atom. The zero-order valence-corrected chi connectivity index (χ0v) is 17.6. The minimum absolute atomic E-state index is 0.250. The predicted octanol–water partition coefficient (Wildman–Crippen LogP) is 4.15. The third-order valence-corrected chi connectivity index (χ3v) is 5.43. The summed E-state index contributed by atoms with van der Waals surface area (Å²) in [5.74, 6) is -2.34. The third-order valence-electron chi connectivity index (χ3n) is 5.43. The monoisotopic (exact) mass is 427 g/mol. The van der Waals surface area contributed by atoms with E-state index in [1.807, 2.05) is 6.92 Å². The number of carbonyl (C=O) groups excluding carboxylic acids is 4. The third kappa shape index (κ3) is 3.83. The number of carbonyl (C=O) groups is 4. The quantitative estimate of drug-likeness (QED) is 0.335. The number of hydrogen-bond donors (Lipinski definition) is 0. The maximum Gasteiger partial charge on any atom is 0.330 e. The SMILES string of the molecule is Cc1ccc2c(c1)C(=O)N(C(C)C(=O)OC(C(=O)c1ccccc1)c1ccccc1)C2=O. The summed E-state index contributed by atoms with van der Waals surface area (Å²) in [6, 6.07) is 20.9. The van der Waals surface area contributed by atoms with Crippen molar-refractivity contribution in [1.29, 1.82) is 0 Å². The molecule has 0 aliphatic carbocycles. The second-order valence-electron chi connectivity index (χ2n) is 7.66. The van der Waals surface area contributed by atoms with Crippen molar-refractivity contribution >= 4 is 23.6 Å². The van der Waals surface area contributed by atoms with Crippen molar-refractivity contribution in [2.24, 2.45) is 0 Å². The molecule has 1 heterocycles. The number of fused-ring (bicyclic) bond motifs is 1. The van der Waals surface area contributed by atoms with Gasteiger partial charge in [-0.3, -0.25) is 19.3 Å². The Kier molecular flexibility index (Phi) is 5.69. The van der Waals surface area contributed by atoms with Crippen LogP contribution in [0.15, 0.2) is 78.9 Å². The fourth-order valence-corrected chi connectivity index (χ4v) is 3.70. The number of aryl methyl sites for hydroxylation is 1. The summed E-state index contributed by atoms with van der Waals surface area (Å²) < 4.78 is 5.61. The highest BCUT2D eigenvalue weighted by molar-refractivity contribution is 6.22. The van der Waals surface area contributed by atoms with E-state index in [0.29, 0.717) is 11.1 Å². The number of ether oxygens (including phenoxy) is 1. The maximum atomic E-state index is 13.1. The molecule has 0 bridgehead atoms. The van der Waals surface area contributed by atoms with Crippen LogP contribution in [0.1, 0.15) is 55.2 Å². The molecule has 1 aliphatic rings. The molecule has 0 N–H and O–H groups in total. The fourth-order valence-electron chi connectivity index (χ4n) is 3.70. The zero-order valence-electron chi connectivity index (χ0n) is 17.6. The first-order valence-corrected chi connectivity index (χ1v) is 10.2. The van der Waals surface area contributed by atoms with Crippen LogP contribution in [0.25, 0.3) is 0 Å². The number of Topliss-reactive ketones (excluding diaryl/α,β-unsaturated/α-hetero) is 1. The first-order valence-electron chi connectivity index (χ1n) is 10.2. The van der Waals surface area contributed by atoms with Crippen LogP contribution in [0.4, 0.5) is 0 Å². The Bertz CT molecular complexity index is 1200. The average Bonchev–Trinajstić information content (AvgIpc) is 3.06. The van der Waals surface area contributed by atoms with E-state index >= 15 is 0 Å².